The molecule has 1 aromatic carbocycles. The molecule has 0 fully saturated rings. The minimum atomic E-state index is 0.118. The number of ether oxygens (including phenoxy) is 3. The molecule has 1 unspecified atom stereocenters. The van der Waals surface area contributed by atoms with Crippen LogP contribution in [-0.4, -0.2) is 72.0 Å². The Bertz CT molecular complexity index is 606. The van der Waals surface area contributed by atoms with Gasteiger partial charge in [0.05, 0.1) is 33.4 Å². The molecule has 0 heterocycles. The fourth-order valence-corrected chi connectivity index (χ4v) is 2.81. The van der Waals surface area contributed by atoms with Crippen molar-refractivity contribution in [3.63, 3.8) is 0 Å². The molecule has 0 aliphatic carbocycles. The minimum Gasteiger partial charge on any atom is -0.493 e. The Kier molecular flexibility index (Phi) is 12.1. The SMILES string of the molecule is CCNC(=NCC(c1ccc(OC)c(OC)c1)N(C)C)NCCOCCC(C)C. The number of likely N-dealkylation sites (N-methyl/N-ethyl adjacent to an activating group) is 1. The van der Waals surface area contributed by atoms with Crippen molar-refractivity contribution in [1.29, 1.82) is 0 Å². The van der Waals surface area contributed by atoms with Crippen LogP contribution < -0.4 is 20.1 Å². The average Bonchev–Trinajstić information content (AvgIpc) is 2.69. The van der Waals surface area contributed by atoms with Crippen molar-refractivity contribution in [3.8, 4) is 11.5 Å². The number of guanidine groups is 1. The molecule has 0 saturated carbocycles. The second-order valence-electron chi connectivity index (χ2n) is 7.54. The van der Waals surface area contributed by atoms with Crippen molar-refractivity contribution in [2.24, 2.45) is 10.9 Å². The van der Waals surface area contributed by atoms with Crippen molar-refractivity contribution in [1.82, 2.24) is 15.5 Å². The summed E-state index contributed by atoms with van der Waals surface area (Å²) in [5.74, 6) is 2.92. The van der Waals surface area contributed by atoms with E-state index in [-0.39, 0.29) is 6.04 Å². The van der Waals surface area contributed by atoms with E-state index in [0.29, 0.717) is 19.1 Å². The lowest BCUT2D eigenvalue weighted by Gasteiger charge is -2.24. The number of hydrogen-bond donors (Lipinski definition) is 2. The first kappa shape index (κ1) is 25.0. The average molecular weight is 409 g/mol. The maximum absolute atomic E-state index is 5.67. The van der Waals surface area contributed by atoms with Gasteiger partial charge in [-0.05, 0) is 51.1 Å². The van der Waals surface area contributed by atoms with E-state index < -0.39 is 0 Å². The van der Waals surface area contributed by atoms with E-state index in [2.05, 4.69) is 56.5 Å². The third kappa shape index (κ3) is 9.37. The number of nitrogens with zero attached hydrogens (tertiary/aromatic N) is 2. The molecule has 7 nitrogen and oxygen atoms in total. The Hall–Kier alpha value is -1.99. The van der Waals surface area contributed by atoms with E-state index in [4.69, 9.17) is 19.2 Å². The van der Waals surface area contributed by atoms with E-state index in [1.54, 1.807) is 14.2 Å². The first-order valence-corrected chi connectivity index (χ1v) is 10.4. The first-order chi connectivity index (χ1) is 13.9. The Morgan fingerprint density at radius 3 is 2.38 bits per heavy atom. The van der Waals surface area contributed by atoms with Crippen molar-refractivity contribution < 1.29 is 14.2 Å². The van der Waals surface area contributed by atoms with Crippen molar-refractivity contribution >= 4 is 5.96 Å². The zero-order valence-corrected chi connectivity index (χ0v) is 19.2. The summed E-state index contributed by atoms with van der Waals surface area (Å²) < 4.78 is 16.5. The molecule has 29 heavy (non-hydrogen) atoms. The summed E-state index contributed by atoms with van der Waals surface area (Å²) in [5.41, 5.74) is 1.13. The lowest BCUT2D eigenvalue weighted by atomic mass is 10.1. The normalized spacial score (nSPS) is 12.9. The van der Waals surface area contributed by atoms with Crippen LogP contribution in [0.25, 0.3) is 0 Å². The largest absolute Gasteiger partial charge is 0.493 e. The van der Waals surface area contributed by atoms with Gasteiger partial charge >= 0.3 is 0 Å². The Morgan fingerprint density at radius 1 is 1.07 bits per heavy atom. The molecule has 0 aromatic heterocycles. The van der Waals surface area contributed by atoms with Gasteiger partial charge in [-0.25, -0.2) is 0 Å². The fourth-order valence-electron chi connectivity index (χ4n) is 2.81. The summed E-state index contributed by atoms with van der Waals surface area (Å²) in [5, 5.41) is 6.64. The van der Waals surface area contributed by atoms with Crippen LogP contribution in [-0.2, 0) is 4.74 Å². The van der Waals surface area contributed by atoms with E-state index in [9.17, 15) is 0 Å². The molecule has 2 N–H and O–H groups in total. The van der Waals surface area contributed by atoms with Crippen LogP contribution in [0.4, 0.5) is 0 Å². The number of rotatable bonds is 13. The summed E-state index contributed by atoms with van der Waals surface area (Å²) in [4.78, 5) is 6.94. The quantitative estimate of drug-likeness (QED) is 0.297. The van der Waals surface area contributed by atoms with Crippen LogP contribution in [0.3, 0.4) is 0 Å². The number of benzene rings is 1. The molecular weight excluding hydrogens is 368 g/mol. The molecule has 0 bridgehead atoms. The lowest BCUT2D eigenvalue weighted by Crippen LogP contribution is -2.39. The third-order valence-corrected chi connectivity index (χ3v) is 4.56. The third-order valence-electron chi connectivity index (χ3n) is 4.56. The summed E-state index contributed by atoms with van der Waals surface area (Å²) in [6.07, 6.45) is 1.09. The molecular formula is C22H40N4O3. The molecule has 1 aromatic rings. The molecule has 0 aliphatic heterocycles. The second kappa shape index (κ2) is 14.1. The molecule has 166 valence electrons. The van der Waals surface area contributed by atoms with Crippen LogP contribution >= 0.6 is 0 Å². The smallest absolute Gasteiger partial charge is 0.191 e. The molecule has 0 spiro atoms. The molecule has 0 amide bonds. The van der Waals surface area contributed by atoms with E-state index in [1.165, 1.54) is 0 Å². The van der Waals surface area contributed by atoms with Crippen LogP contribution in [0, 0.1) is 5.92 Å². The summed E-state index contributed by atoms with van der Waals surface area (Å²) in [6.45, 7) is 10.1. The van der Waals surface area contributed by atoms with E-state index in [0.717, 1.165) is 49.1 Å². The van der Waals surface area contributed by atoms with Crippen LogP contribution in [0.15, 0.2) is 23.2 Å². The molecule has 1 rings (SSSR count). The first-order valence-electron chi connectivity index (χ1n) is 10.4. The Labute approximate surface area is 176 Å². The molecule has 7 heteroatoms. The van der Waals surface area contributed by atoms with Gasteiger partial charge < -0.3 is 29.7 Å². The van der Waals surface area contributed by atoms with Crippen molar-refractivity contribution in [2.45, 2.75) is 33.2 Å². The zero-order valence-electron chi connectivity index (χ0n) is 19.2. The number of methoxy groups -OCH3 is 2. The monoisotopic (exact) mass is 408 g/mol. The van der Waals surface area contributed by atoms with Crippen molar-refractivity contribution in [3.05, 3.63) is 23.8 Å². The van der Waals surface area contributed by atoms with Gasteiger partial charge in [-0.15, -0.1) is 0 Å². The number of nitrogens with one attached hydrogen (secondary N) is 2. The van der Waals surface area contributed by atoms with Crippen LogP contribution in [0.5, 0.6) is 11.5 Å². The highest BCUT2D eigenvalue weighted by atomic mass is 16.5. The second-order valence-corrected chi connectivity index (χ2v) is 7.54. The van der Waals surface area contributed by atoms with Crippen molar-refractivity contribution in [2.75, 3.05) is 61.2 Å². The van der Waals surface area contributed by atoms with Crippen LogP contribution in [0.1, 0.15) is 38.8 Å². The van der Waals surface area contributed by atoms with Gasteiger partial charge in [-0.3, -0.25) is 4.99 Å². The standard InChI is InChI=1S/C22H40N4O3/c1-8-23-22(24-12-14-29-13-11-17(2)3)25-16-19(26(4)5)18-9-10-20(27-6)21(15-18)28-7/h9-10,15,17,19H,8,11-14,16H2,1-7H3,(H2,23,24,25). The Morgan fingerprint density at radius 2 is 1.79 bits per heavy atom. The van der Waals surface area contributed by atoms with Gasteiger partial charge in [-0.2, -0.15) is 0 Å². The molecule has 0 radical (unpaired) electrons. The predicted octanol–water partition coefficient (Wildman–Crippen LogP) is 2.92. The highest BCUT2D eigenvalue weighted by Crippen LogP contribution is 2.31. The predicted molar refractivity (Wildman–Crippen MR) is 120 cm³/mol. The maximum atomic E-state index is 5.67. The van der Waals surface area contributed by atoms with Gasteiger partial charge in [0.15, 0.2) is 17.5 Å². The molecule has 0 aliphatic rings. The maximum Gasteiger partial charge on any atom is 0.191 e. The fraction of sp³-hybridized carbons (Fsp3) is 0.682. The number of hydrogen-bond acceptors (Lipinski definition) is 5. The highest BCUT2D eigenvalue weighted by Gasteiger charge is 2.16. The minimum absolute atomic E-state index is 0.118. The van der Waals surface area contributed by atoms with Crippen LogP contribution in [0.2, 0.25) is 0 Å². The lowest BCUT2D eigenvalue weighted by molar-refractivity contribution is 0.128. The highest BCUT2D eigenvalue weighted by molar-refractivity contribution is 5.79. The summed E-state index contributed by atoms with van der Waals surface area (Å²) in [6, 6.07) is 6.13. The zero-order chi connectivity index (χ0) is 21.6. The molecule has 1 atom stereocenters. The van der Waals surface area contributed by atoms with Gasteiger partial charge in [0.1, 0.15) is 0 Å². The topological polar surface area (TPSA) is 67.4 Å². The van der Waals surface area contributed by atoms with Gasteiger partial charge in [0.25, 0.3) is 0 Å². The molecule has 0 saturated heterocycles. The van der Waals surface area contributed by atoms with Gasteiger partial charge in [0.2, 0.25) is 0 Å². The van der Waals surface area contributed by atoms with Gasteiger partial charge in [0, 0.05) is 19.7 Å². The Balaban J connectivity index is 2.72. The number of aliphatic imine (C=N–C) groups is 1. The van der Waals surface area contributed by atoms with Gasteiger partial charge in [-0.1, -0.05) is 19.9 Å². The van der Waals surface area contributed by atoms with E-state index in [1.807, 2.05) is 12.1 Å². The summed E-state index contributed by atoms with van der Waals surface area (Å²) in [7, 11) is 7.41. The van der Waals surface area contributed by atoms with E-state index >= 15 is 0 Å². The summed E-state index contributed by atoms with van der Waals surface area (Å²) >= 11 is 0.